The lowest BCUT2D eigenvalue weighted by Gasteiger charge is -2.18. The minimum Gasteiger partial charge on any atom is -0.322 e. The van der Waals surface area contributed by atoms with Gasteiger partial charge in [-0.2, -0.15) is 0 Å². The first kappa shape index (κ1) is 14.8. The van der Waals surface area contributed by atoms with Crippen LogP contribution in [0.1, 0.15) is 13.8 Å². The van der Waals surface area contributed by atoms with Crippen molar-refractivity contribution in [3.63, 3.8) is 0 Å². The van der Waals surface area contributed by atoms with E-state index in [0.29, 0.717) is 24.8 Å². The first-order valence-corrected chi connectivity index (χ1v) is 9.00. The summed E-state index contributed by atoms with van der Waals surface area (Å²) in [6.07, 6.45) is 0. The third kappa shape index (κ3) is 7.11. The van der Waals surface area contributed by atoms with Crippen molar-refractivity contribution < 1.29 is 9.05 Å². The molecule has 0 aromatic carbocycles. The van der Waals surface area contributed by atoms with E-state index in [1.807, 2.05) is 13.8 Å². The van der Waals surface area contributed by atoms with E-state index in [0.717, 1.165) is 0 Å². The Morgan fingerprint density at radius 1 is 1.29 bits per heavy atom. The molecule has 0 bridgehead atoms. The predicted octanol–water partition coefficient (Wildman–Crippen LogP) is 3.26. The van der Waals surface area contributed by atoms with Crippen molar-refractivity contribution in [3.8, 4) is 11.8 Å². The van der Waals surface area contributed by atoms with Crippen molar-refractivity contribution in [2.45, 2.75) is 13.8 Å². The zero-order valence-electron chi connectivity index (χ0n) is 8.29. The van der Waals surface area contributed by atoms with Gasteiger partial charge in [-0.05, 0) is 25.7 Å². The molecule has 0 aliphatic rings. The Bertz CT molecular complexity index is 239. The van der Waals surface area contributed by atoms with Crippen LogP contribution in [0.25, 0.3) is 0 Å². The van der Waals surface area contributed by atoms with E-state index in [4.69, 9.17) is 32.5 Å². The highest BCUT2D eigenvalue weighted by Crippen LogP contribution is 2.60. The van der Waals surface area contributed by atoms with Crippen LogP contribution in [0.15, 0.2) is 0 Å². The Morgan fingerprint density at radius 2 is 1.86 bits per heavy atom. The lowest BCUT2D eigenvalue weighted by atomic mass is 10.7. The average molecular weight is 273 g/mol. The number of halogens is 1. The van der Waals surface area contributed by atoms with Crippen molar-refractivity contribution >= 4 is 40.5 Å². The summed E-state index contributed by atoms with van der Waals surface area (Å²) >= 11 is 12.2. The molecule has 14 heavy (non-hydrogen) atoms. The standard InChI is InChI=1S/C8H14ClO2PS2/c1-3-10-12(13,11-4-2)14-8-6-5-7-9/h3-4,7-8H2,1-2H3. The maximum atomic E-state index is 5.42. The van der Waals surface area contributed by atoms with Crippen LogP contribution in [0.3, 0.4) is 0 Å². The topological polar surface area (TPSA) is 18.5 Å². The summed E-state index contributed by atoms with van der Waals surface area (Å²) in [6, 6.07) is 0. The monoisotopic (exact) mass is 272 g/mol. The molecule has 0 radical (unpaired) electrons. The Labute approximate surface area is 100.0 Å². The number of rotatable bonds is 6. The molecule has 0 aliphatic heterocycles. The lowest BCUT2D eigenvalue weighted by Crippen LogP contribution is -1.92. The molecule has 0 rings (SSSR count). The van der Waals surface area contributed by atoms with Crippen molar-refractivity contribution in [3.05, 3.63) is 0 Å². The number of hydrogen-bond donors (Lipinski definition) is 0. The molecule has 0 amide bonds. The van der Waals surface area contributed by atoms with Crippen molar-refractivity contribution in [2.75, 3.05) is 24.8 Å². The SMILES string of the molecule is CCOP(=S)(OCC)SCC#CCCl. The molecule has 82 valence electrons. The fraction of sp³-hybridized carbons (Fsp3) is 0.750. The zero-order valence-corrected chi connectivity index (χ0v) is 11.6. The fourth-order valence-electron chi connectivity index (χ4n) is 0.638. The van der Waals surface area contributed by atoms with Gasteiger partial charge in [0.15, 0.2) is 0 Å². The second-order valence-corrected chi connectivity index (χ2v) is 8.62. The van der Waals surface area contributed by atoms with E-state index in [1.165, 1.54) is 11.4 Å². The highest BCUT2D eigenvalue weighted by atomic mass is 35.5. The van der Waals surface area contributed by atoms with Crippen LogP contribution in [-0.4, -0.2) is 24.8 Å². The molecule has 0 aromatic heterocycles. The molecule has 0 unspecified atom stereocenters. The molecule has 0 fully saturated rings. The quantitative estimate of drug-likeness (QED) is 0.420. The maximum absolute atomic E-state index is 5.42. The molecule has 0 saturated carbocycles. The van der Waals surface area contributed by atoms with Gasteiger partial charge in [0.2, 0.25) is 5.69 Å². The minimum atomic E-state index is -2.16. The van der Waals surface area contributed by atoms with Crippen LogP contribution in [-0.2, 0) is 20.9 Å². The molecule has 0 N–H and O–H groups in total. The van der Waals surface area contributed by atoms with Gasteiger partial charge in [0.25, 0.3) is 0 Å². The Kier molecular flexibility index (Phi) is 9.53. The molecule has 0 atom stereocenters. The highest BCUT2D eigenvalue weighted by molar-refractivity contribution is 8.68. The largest absolute Gasteiger partial charge is 0.322 e. The van der Waals surface area contributed by atoms with Gasteiger partial charge in [0, 0.05) is 0 Å². The number of hydrogen-bond acceptors (Lipinski definition) is 4. The molecule has 0 heterocycles. The molecule has 2 nitrogen and oxygen atoms in total. The molecule has 0 spiro atoms. The van der Waals surface area contributed by atoms with Crippen LogP contribution < -0.4 is 0 Å². The Morgan fingerprint density at radius 3 is 2.29 bits per heavy atom. The second kappa shape index (κ2) is 9.03. The van der Waals surface area contributed by atoms with Gasteiger partial charge in [-0.3, -0.25) is 0 Å². The van der Waals surface area contributed by atoms with Crippen LogP contribution in [0.5, 0.6) is 0 Å². The van der Waals surface area contributed by atoms with Gasteiger partial charge in [0.1, 0.15) is 0 Å². The lowest BCUT2D eigenvalue weighted by molar-refractivity contribution is 0.280. The molecule has 0 aliphatic carbocycles. The normalized spacial score (nSPS) is 10.8. The molecular weight excluding hydrogens is 259 g/mol. The van der Waals surface area contributed by atoms with E-state index in [9.17, 15) is 0 Å². The van der Waals surface area contributed by atoms with E-state index < -0.39 is 5.69 Å². The number of alkyl halides is 1. The summed E-state index contributed by atoms with van der Waals surface area (Å²) in [6.45, 7) is 4.97. The predicted molar refractivity (Wildman–Crippen MR) is 68.5 cm³/mol. The summed E-state index contributed by atoms with van der Waals surface area (Å²) in [5.74, 6) is 6.62. The molecule has 0 saturated heterocycles. The van der Waals surface area contributed by atoms with E-state index >= 15 is 0 Å². The summed E-state index contributed by atoms with van der Waals surface area (Å²) in [5.41, 5.74) is -2.16. The third-order valence-corrected chi connectivity index (χ3v) is 6.48. The van der Waals surface area contributed by atoms with E-state index in [1.54, 1.807) is 0 Å². The summed E-state index contributed by atoms with van der Waals surface area (Å²) in [5, 5.41) is 0. The van der Waals surface area contributed by atoms with Gasteiger partial charge >= 0.3 is 0 Å². The van der Waals surface area contributed by atoms with Gasteiger partial charge in [-0.15, -0.1) is 11.6 Å². The van der Waals surface area contributed by atoms with Gasteiger partial charge in [-0.1, -0.05) is 23.2 Å². The summed E-state index contributed by atoms with van der Waals surface area (Å²) < 4.78 is 10.8. The average Bonchev–Trinajstić information content (AvgIpc) is 2.13. The van der Waals surface area contributed by atoms with Gasteiger partial charge in [-0.25, -0.2) is 0 Å². The fourth-order valence-corrected chi connectivity index (χ4v) is 4.77. The summed E-state index contributed by atoms with van der Waals surface area (Å²) in [4.78, 5) is 0. The van der Waals surface area contributed by atoms with E-state index in [2.05, 4.69) is 11.8 Å². The Hall–Kier alpha value is 0.770. The van der Waals surface area contributed by atoms with Crippen molar-refractivity contribution in [2.24, 2.45) is 0 Å². The Balaban J connectivity index is 4.02. The molecule has 6 heteroatoms. The maximum Gasteiger partial charge on any atom is 0.248 e. The summed E-state index contributed by atoms with van der Waals surface area (Å²) in [7, 11) is 0. The molecule has 0 aromatic rings. The van der Waals surface area contributed by atoms with Crippen LogP contribution >= 0.6 is 28.7 Å². The van der Waals surface area contributed by atoms with Gasteiger partial charge < -0.3 is 9.05 Å². The first-order chi connectivity index (χ1) is 6.68. The van der Waals surface area contributed by atoms with Crippen LogP contribution in [0, 0.1) is 11.8 Å². The van der Waals surface area contributed by atoms with Crippen LogP contribution in [0.2, 0.25) is 0 Å². The first-order valence-electron chi connectivity index (χ1n) is 4.23. The van der Waals surface area contributed by atoms with Crippen molar-refractivity contribution in [1.82, 2.24) is 0 Å². The minimum absolute atomic E-state index is 0.354. The zero-order chi connectivity index (χ0) is 10.9. The van der Waals surface area contributed by atoms with E-state index in [-0.39, 0.29) is 0 Å². The van der Waals surface area contributed by atoms with Crippen molar-refractivity contribution in [1.29, 1.82) is 0 Å². The second-order valence-electron chi connectivity index (χ2n) is 2.04. The third-order valence-electron chi connectivity index (χ3n) is 1.06. The van der Waals surface area contributed by atoms with Crippen LogP contribution in [0.4, 0.5) is 0 Å². The molecular formula is C8H14ClO2PS2. The van der Waals surface area contributed by atoms with Gasteiger partial charge in [0.05, 0.1) is 24.8 Å². The smallest absolute Gasteiger partial charge is 0.248 e. The highest BCUT2D eigenvalue weighted by Gasteiger charge is 2.17.